The number of nitro groups is 1. The number of hydrogen-bond donors (Lipinski definition) is 0. The van der Waals surface area contributed by atoms with Gasteiger partial charge in [-0.2, -0.15) is 13.2 Å². The van der Waals surface area contributed by atoms with Crippen molar-refractivity contribution in [1.29, 1.82) is 0 Å². The molecule has 1 amide bonds. The molecule has 26 heavy (non-hydrogen) atoms. The van der Waals surface area contributed by atoms with E-state index in [-0.39, 0.29) is 16.7 Å². The molecule has 8 nitrogen and oxygen atoms in total. The van der Waals surface area contributed by atoms with Gasteiger partial charge < -0.3 is 9.80 Å². The van der Waals surface area contributed by atoms with E-state index in [4.69, 9.17) is 0 Å². The number of carbonyl (C=O) groups is 1. The van der Waals surface area contributed by atoms with Gasteiger partial charge in [0.15, 0.2) is 0 Å². The van der Waals surface area contributed by atoms with Crippen LogP contribution in [0, 0.1) is 10.1 Å². The number of piperazine rings is 1. The van der Waals surface area contributed by atoms with Crippen molar-refractivity contribution in [3.8, 4) is 0 Å². The Morgan fingerprint density at radius 2 is 1.73 bits per heavy atom. The van der Waals surface area contributed by atoms with Gasteiger partial charge in [0.25, 0.3) is 11.6 Å². The third-order valence-electron chi connectivity index (χ3n) is 3.82. The van der Waals surface area contributed by atoms with Crippen molar-refractivity contribution in [2.75, 3.05) is 31.1 Å². The van der Waals surface area contributed by atoms with Crippen LogP contribution in [0.5, 0.6) is 0 Å². The molecule has 138 valence electrons. The average molecular weight is 387 g/mol. The summed E-state index contributed by atoms with van der Waals surface area (Å²) in [5.41, 5.74) is 0.211. The van der Waals surface area contributed by atoms with Crippen LogP contribution in [-0.2, 0) is 6.18 Å². The van der Waals surface area contributed by atoms with Gasteiger partial charge in [-0.05, 0) is 12.1 Å². The standard InChI is InChI=1S/C14H12F3N5O3S/c15-14(16,17)12-18-19-13(26-12)21-7-5-20(6-8-21)11(23)9-1-3-10(4-2-9)22(24)25/h1-4H,5-8H2. The van der Waals surface area contributed by atoms with Gasteiger partial charge >= 0.3 is 6.18 Å². The highest BCUT2D eigenvalue weighted by Crippen LogP contribution is 2.34. The van der Waals surface area contributed by atoms with E-state index in [1.165, 1.54) is 24.3 Å². The summed E-state index contributed by atoms with van der Waals surface area (Å²) in [6.07, 6.45) is -4.52. The minimum Gasteiger partial charge on any atom is -0.343 e. The second kappa shape index (κ2) is 6.86. The lowest BCUT2D eigenvalue weighted by Crippen LogP contribution is -2.48. The topological polar surface area (TPSA) is 92.5 Å². The number of non-ortho nitro benzene ring substituents is 1. The van der Waals surface area contributed by atoms with E-state index in [1.54, 1.807) is 9.80 Å². The number of alkyl halides is 3. The number of halogens is 3. The van der Waals surface area contributed by atoms with E-state index < -0.39 is 16.1 Å². The lowest BCUT2D eigenvalue weighted by molar-refractivity contribution is -0.384. The predicted molar refractivity (Wildman–Crippen MR) is 86.1 cm³/mol. The lowest BCUT2D eigenvalue weighted by Gasteiger charge is -2.34. The Hall–Kier alpha value is -2.76. The number of hydrogen-bond acceptors (Lipinski definition) is 7. The van der Waals surface area contributed by atoms with E-state index in [0.717, 1.165) is 0 Å². The van der Waals surface area contributed by atoms with Crippen LogP contribution in [0.2, 0.25) is 0 Å². The number of aromatic nitrogens is 2. The van der Waals surface area contributed by atoms with Crippen LogP contribution in [0.4, 0.5) is 24.0 Å². The zero-order valence-corrected chi connectivity index (χ0v) is 14.0. The molecule has 0 N–H and O–H groups in total. The number of benzene rings is 1. The summed E-state index contributed by atoms with van der Waals surface area (Å²) in [7, 11) is 0. The minimum absolute atomic E-state index is 0.108. The summed E-state index contributed by atoms with van der Waals surface area (Å²) in [6, 6.07) is 5.27. The molecule has 0 saturated carbocycles. The van der Waals surface area contributed by atoms with Crippen LogP contribution < -0.4 is 4.90 Å². The SMILES string of the molecule is O=C(c1ccc([N+](=O)[O-])cc1)N1CCN(c2nnc(C(F)(F)F)s2)CC1. The van der Waals surface area contributed by atoms with Crippen LogP contribution >= 0.6 is 11.3 Å². The lowest BCUT2D eigenvalue weighted by atomic mass is 10.1. The smallest absolute Gasteiger partial charge is 0.343 e. The first kappa shape index (κ1) is 18.0. The fraction of sp³-hybridized carbons (Fsp3) is 0.357. The molecule has 1 saturated heterocycles. The molecule has 1 aliphatic heterocycles. The Balaban J connectivity index is 1.62. The Labute approximate surface area is 149 Å². The van der Waals surface area contributed by atoms with Gasteiger partial charge in [-0.25, -0.2) is 0 Å². The molecule has 0 aliphatic carbocycles. The Morgan fingerprint density at radius 1 is 1.12 bits per heavy atom. The second-order valence-corrected chi connectivity index (χ2v) is 6.43. The summed E-state index contributed by atoms with van der Waals surface area (Å²) in [4.78, 5) is 25.7. The fourth-order valence-electron chi connectivity index (χ4n) is 2.47. The number of rotatable bonds is 3. The largest absolute Gasteiger partial charge is 0.445 e. The molecule has 1 aromatic carbocycles. The highest BCUT2D eigenvalue weighted by molar-refractivity contribution is 7.15. The number of nitrogens with zero attached hydrogens (tertiary/aromatic N) is 5. The number of nitro benzene ring substituents is 1. The molecule has 3 rings (SSSR count). The van der Waals surface area contributed by atoms with Crippen LogP contribution in [0.3, 0.4) is 0 Å². The molecule has 0 radical (unpaired) electrons. The molecule has 2 aromatic rings. The fourth-order valence-corrected chi connectivity index (χ4v) is 3.23. The maximum absolute atomic E-state index is 12.6. The number of carbonyl (C=O) groups excluding carboxylic acids is 1. The first-order valence-electron chi connectivity index (χ1n) is 7.45. The highest BCUT2D eigenvalue weighted by Gasteiger charge is 2.36. The third kappa shape index (κ3) is 3.74. The summed E-state index contributed by atoms with van der Waals surface area (Å²) >= 11 is 0.468. The Bertz CT molecular complexity index is 816. The monoisotopic (exact) mass is 387 g/mol. The molecule has 12 heteroatoms. The van der Waals surface area contributed by atoms with Gasteiger partial charge in [0.1, 0.15) is 0 Å². The van der Waals surface area contributed by atoms with Crippen LogP contribution in [0.25, 0.3) is 0 Å². The van der Waals surface area contributed by atoms with Gasteiger partial charge in [0.05, 0.1) is 4.92 Å². The molecular weight excluding hydrogens is 375 g/mol. The summed E-state index contributed by atoms with van der Waals surface area (Å²) < 4.78 is 37.8. The van der Waals surface area contributed by atoms with Crippen molar-refractivity contribution < 1.29 is 22.9 Å². The summed E-state index contributed by atoms with van der Waals surface area (Å²) in [5.74, 6) is -0.284. The third-order valence-corrected chi connectivity index (χ3v) is 4.85. The molecule has 0 unspecified atom stereocenters. The van der Waals surface area contributed by atoms with Gasteiger partial charge in [0, 0.05) is 43.9 Å². The van der Waals surface area contributed by atoms with Gasteiger partial charge in [0.2, 0.25) is 10.1 Å². The first-order chi connectivity index (χ1) is 12.3. The number of anilines is 1. The zero-order chi connectivity index (χ0) is 18.9. The summed E-state index contributed by atoms with van der Waals surface area (Å²) in [5, 5.41) is 16.5. The molecule has 1 fully saturated rings. The summed E-state index contributed by atoms with van der Waals surface area (Å²) in [6.45, 7) is 1.25. The van der Waals surface area contributed by atoms with E-state index in [1.807, 2.05) is 0 Å². The van der Waals surface area contributed by atoms with E-state index in [9.17, 15) is 28.1 Å². The van der Waals surface area contributed by atoms with Gasteiger partial charge in [-0.15, -0.1) is 10.2 Å². The van der Waals surface area contributed by atoms with Crippen molar-refractivity contribution in [1.82, 2.24) is 15.1 Å². The molecule has 2 heterocycles. The zero-order valence-electron chi connectivity index (χ0n) is 13.1. The predicted octanol–water partition coefficient (Wildman–Crippen LogP) is 2.43. The van der Waals surface area contributed by atoms with E-state index >= 15 is 0 Å². The van der Waals surface area contributed by atoms with Gasteiger partial charge in [-0.3, -0.25) is 14.9 Å². The maximum Gasteiger partial charge on any atom is 0.445 e. The minimum atomic E-state index is -4.52. The Morgan fingerprint density at radius 3 is 2.23 bits per heavy atom. The van der Waals surface area contributed by atoms with E-state index in [2.05, 4.69) is 10.2 Å². The molecular formula is C14H12F3N5O3S. The van der Waals surface area contributed by atoms with Crippen LogP contribution in [0.15, 0.2) is 24.3 Å². The molecule has 1 aliphatic rings. The van der Waals surface area contributed by atoms with Crippen molar-refractivity contribution in [3.05, 3.63) is 45.0 Å². The second-order valence-electron chi connectivity index (χ2n) is 5.47. The highest BCUT2D eigenvalue weighted by atomic mass is 32.1. The quantitative estimate of drug-likeness (QED) is 0.593. The van der Waals surface area contributed by atoms with Crippen molar-refractivity contribution in [3.63, 3.8) is 0 Å². The van der Waals surface area contributed by atoms with Crippen LogP contribution in [0.1, 0.15) is 15.4 Å². The average Bonchev–Trinajstić information content (AvgIpc) is 3.12. The van der Waals surface area contributed by atoms with E-state index in [0.29, 0.717) is 43.1 Å². The maximum atomic E-state index is 12.6. The number of amides is 1. The van der Waals surface area contributed by atoms with Crippen LogP contribution in [-0.4, -0.2) is 52.1 Å². The van der Waals surface area contributed by atoms with Crippen molar-refractivity contribution >= 4 is 28.1 Å². The molecule has 0 bridgehead atoms. The van der Waals surface area contributed by atoms with Crippen molar-refractivity contribution in [2.45, 2.75) is 6.18 Å². The molecule has 0 atom stereocenters. The normalized spacial score (nSPS) is 15.2. The van der Waals surface area contributed by atoms with Crippen molar-refractivity contribution in [2.24, 2.45) is 0 Å². The molecule has 1 aromatic heterocycles. The Kier molecular flexibility index (Phi) is 4.76. The first-order valence-corrected chi connectivity index (χ1v) is 8.27. The van der Waals surface area contributed by atoms with Gasteiger partial charge in [-0.1, -0.05) is 11.3 Å². The molecule has 0 spiro atoms.